The number of nitrogens with zero attached hydrogens (tertiary/aromatic N) is 3. The third kappa shape index (κ3) is 2.76. The highest BCUT2D eigenvalue weighted by Crippen LogP contribution is 2.56. The lowest BCUT2D eigenvalue weighted by Gasteiger charge is -2.45. The van der Waals surface area contributed by atoms with E-state index in [9.17, 15) is 0 Å². The Kier molecular flexibility index (Phi) is 4.62. The fourth-order valence-electron chi connectivity index (χ4n) is 5.16. The Morgan fingerprint density at radius 2 is 1.73 bits per heavy atom. The van der Waals surface area contributed by atoms with Crippen molar-refractivity contribution in [2.75, 3.05) is 9.80 Å². The van der Waals surface area contributed by atoms with Crippen LogP contribution in [0.25, 0.3) is 0 Å². The van der Waals surface area contributed by atoms with Crippen molar-refractivity contribution < 1.29 is 0 Å². The Bertz CT molecular complexity index is 1070. The van der Waals surface area contributed by atoms with Crippen molar-refractivity contribution in [1.29, 1.82) is 0 Å². The predicted molar refractivity (Wildman–Crippen MR) is 126 cm³/mol. The lowest BCUT2D eigenvalue weighted by molar-refractivity contribution is 0.369. The van der Waals surface area contributed by atoms with Gasteiger partial charge in [-0.1, -0.05) is 63.2 Å². The molecule has 0 N–H and O–H groups in total. The zero-order valence-corrected chi connectivity index (χ0v) is 18.0. The van der Waals surface area contributed by atoms with Gasteiger partial charge in [0, 0.05) is 23.5 Å². The van der Waals surface area contributed by atoms with Crippen molar-refractivity contribution >= 4 is 22.9 Å². The van der Waals surface area contributed by atoms with E-state index < -0.39 is 0 Å². The van der Waals surface area contributed by atoms with Gasteiger partial charge in [-0.15, -0.1) is 6.58 Å². The summed E-state index contributed by atoms with van der Waals surface area (Å²) in [5, 5.41) is 0. The fourth-order valence-corrected chi connectivity index (χ4v) is 5.16. The minimum absolute atomic E-state index is 0.192. The van der Waals surface area contributed by atoms with E-state index >= 15 is 0 Å². The summed E-state index contributed by atoms with van der Waals surface area (Å²) in [6.07, 6.45) is 5.29. The molecule has 3 unspecified atom stereocenters. The molecule has 0 aliphatic carbocycles. The van der Waals surface area contributed by atoms with Gasteiger partial charge >= 0.3 is 0 Å². The predicted octanol–water partition coefficient (Wildman–Crippen LogP) is 7.13. The maximum absolute atomic E-state index is 5.01. The number of anilines is 4. The Morgan fingerprint density at radius 3 is 2.47 bits per heavy atom. The minimum Gasteiger partial charge on any atom is -0.317 e. The molecule has 3 heterocycles. The first-order valence-electron chi connectivity index (χ1n) is 10.9. The number of hydrogen-bond donors (Lipinski definition) is 0. The normalized spacial score (nSPS) is 21.9. The van der Waals surface area contributed by atoms with E-state index in [2.05, 4.69) is 110 Å². The summed E-state index contributed by atoms with van der Waals surface area (Å²) >= 11 is 0. The maximum Gasteiger partial charge on any atom is 0.158 e. The number of hydrogen-bond acceptors (Lipinski definition) is 3. The number of rotatable bonds is 4. The summed E-state index contributed by atoms with van der Waals surface area (Å²) in [6, 6.07) is 21.9. The molecule has 3 nitrogen and oxygen atoms in total. The Labute approximate surface area is 179 Å². The molecule has 0 spiro atoms. The molecule has 3 aromatic rings. The smallest absolute Gasteiger partial charge is 0.158 e. The van der Waals surface area contributed by atoms with Gasteiger partial charge in [-0.05, 0) is 53.6 Å². The first kappa shape index (κ1) is 18.9. The van der Waals surface area contributed by atoms with E-state index in [1.165, 1.54) is 28.2 Å². The third-order valence-electron chi connectivity index (χ3n) is 6.71. The highest BCUT2D eigenvalue weighted by atomic mass is 15.5. The van der Waals surface area contributed by atoms with Crippen LogP contribution in [0.4, 0.5) is 22.9 Å². The molecular weight excluding hydrogens is 366 g/mol. The highest BCUT2D eigenvalue weighted by molar-refractivity contribution is 5.88. The Hall–Kier alpha value is -3.07. The standard InChI is InChI=1S/C27H29N3/c1-5-11-22-19(4)27-29(21-12-7-6-8-13-21)25-16-20(18(2)3)17-28-26(25)30(27)24-15-10-9-14-23(22)24/h5-10,12-19,22,27H,1,11H2,2-4H3. The van der Waals surface area contributed by atoms with Gasteiger partial charge in [0.1, 0.15) is 6.17 Å². The van der Waals surface area contributed by atoms with E-state index in [-0.39, 0.29) is 6.17 Å². The number of para-hydroxylation sites is 2. The SMILES string of the molecule is C=CCC1c2ccccc2N2c3ncc(C(C)C)cc3N(c3ccccc3)C2C1C. The second-order valence-corrected chi connectivity index (χ2v) is 8.80. The van der Waals surface area contributed by atoms with Crippen molar-refractivity contribution in [3.8, 4) is 0 Å². The molecule has 0 saturated carbocycles. The maximum atomic E-state index is 5.01. The van der Waals surface area contributed by atoms with Crippen molar-refractivity contribution in [1.82, 2.24) is 4.98 Å². The van der Waals surface area contributed by atoms with Crippen LogP contribution in [0.2, 0.25) is 0 Å². The van der Waals surface area contributed by atoms with Gasteiger partial charge in [-0.2, -0.15) is 0 Å². The zero-order valence-electron chi connectivity index (χ0n) is 18.0. The summed E-state index contributed by atoms with van der Waals surface area (Å²) in [5.41, 5.74) is 6.38. The molecule has 3 heteroatoms. The Morgan fingerprint density at radius 1 is 1.00 bits per heavy atom. The van der Waals surface area contributed by atoms with Crippen LogP contribution in [0.1, 0.15) is 50.2 Å². The van der Waals surface area contributed by atoms with E-state index in [0.717, 1.165) is 12.2 Å². The summed E-state index contributed by atoms with van der Waals surface area (Å²) in [7, 11) is 0. The highest BCUT2D eigenvalue weighted by Gasteiger charge is 2.48. The van der Waals surface area contributed by atoms with Crippen LogP contribution in [0.15, 0.2) is 79.5 Å². The minimum atomic E-state index is 0.192. The molecule has 3 atom stereocenters. The summed E-state index contributed by atoms with van der Waals surface area (Å²) in [5.74, 6) is 2.35. The zero-order chi connectivity index (χ0) is 20.8. The third-order valence-corrected chi connectivity index (χ3v) is 6.71. The average molecular weight is 396 g/mol. The van der Waals surface area contributed by atoms with Gasteiger partial charge in [-0.25, -0.2) is 4.98 Å². The van der Waals surface area contributed by atoms with Gasteiger partial charge in [0.25, 0.3) is 0 Å². The molecule has 2 aliphatic rings. The van der Waals surface area contributed by atoms with Gasteiger partial charge in [0.2, 0.25) is 0 Å². The number of allylic oxidation sites excluding steroid dienone is 1. The fraction of sp³-hybridized carbons (Fsp3) is 0.296. The van der Waals surface area contributed by atoms with E-state index in [4.69, 9.17) is 4.98 Å². The van der Waals surface area contributed by atoms with Crippen molar-refractivity contribution in [2.24, 2.45) is 5.92 Å². The molecule has 2 aliphatic heterocycles. The molecule has 152 valence electrons. The molecule has 0 bridgehead atoms. The van der Waals surface area contributed by atoms with E-state index in [0.29, 0.717) is 17.8 Å². The summed E-state index contributed by atoms with van der Waals surface area (Å²) in [6.45, 7) is 10.9. The average Bonchev–Trinajstić information content (AvgIpc) is 3.12. The van der Waals surface area contributed by atoms with Crippen LogP contribution in [-0.2, 0) is 0 Å². The first-order valence-corrected chi connectivity index (χ1v) is 10.9. The van der Waals surface area contributed by atoms with Crippen LogP contribution in [0.5, 0.6) is 0 Å². The summed E-state index contributed by atoms with van der Waals surface area (Å²) in [4.78, 5) is 9.98. The number of fused-ring (bicyclic) bond motifs is 5. The topological polar surface area (TPSA) is 19.4 Å². The second kappa shape index (κ2) is 7.32. The molecule has 5 rings (SSSR count). The largest absolute Gasteiger partial charge is 0.317 e. The number of aromatic nitrogens is 1. The molecular formula is C27H29N3. The van der Waals surface area contributed by atoms with Crippen LogP contribution >= 0.6 is 0 Å². The monoisotopic (exact) mass is 395 g/mol. The van der Waals surface area contributed by atoms with E-state index in [1.54, 1.807) is 0 Å². The molecule has 0 radical (unpaired) electrons. The lowest BCUT2D eigenvalue weighted by Crippen LogP contribution is -2.48. The second-order valence-electron chi connectivity index (χ2n) is 8.80. The molecule has 0 fully saturated rings. The molecule has 0 saturated heterocycles. The van der Waals surface area contributed by atoms with Crippen molar-refractivity contribution in [2.45, 2.75) is 45.2 Å². The number of benzene rings is 2. The summed E-state index contributed by atoms with van der Waals surface area (Å²) < 4.78 is 0. The van der Waals surface area contributed by atoms with Gasteiger partial charge < -0.3 is 9.80 Å². The van der Waals surface area contributed by atoms with Crippen LogP contribution in [0.3, 0.4) is 0 Å². The number of pyridine rings is 1. The van der Waals surface area contributed by atoms with Gasteiger partial charge in [0.15, 0.2) is 5.82 Å². The van der Waals surface area contributed by atoms with Gasteiger partial charge in [-0.3, -0.25) is 0 Å². The molecule has 0 amide bonds. The van der Waals surface area contributed by atoms with Crippen molar-refractivity contribution in [3.63, 3.8) is 0 Å². The molecule has 2 aromatic carbocycles. The van der Waals surface area contributed by atoms with Gasteiger partial charge in [0.05, 0.1) is 5.69 Å². The Balaban J connectivity index is 1.76. The van der Waals surface area contributed by atoms with Crippen LogP contribution < -0.4 is 9.80 Å². The first-order chi connectivity index (χ1) is 14.6. The van der Waals surface area contributed by atoms with Crippen molar-refractivity contribution in [3.05, 3.63) is 90.6 Å². The lowest BCUT2D eigenvalue weighted by atomic mass is 9.78. The van der Waals surface area contributed by atoms with E-state index in [1.807, 2.05) is 0 Å². The quantitative estimate of drug-likeness (QED) is 0.438. The van der Waals surface area contributed by atoms with Crippen LogP contribution in [-0.4, -0.2) is 11.1 Å². The molecule has 30 heavy (non-hydrogen) atoms. The van der Waals surface area contributed by atoms with Crippen LogP contribution in [0, 0.1) is 5.92 Å². The molecule has 1 aromatic heterocycles.